The summed E-state index contributed by atoms with van der Waals surface area (Å²) in [5.41, 5.74) is 1.60. The molecule has 0 atom stereocenters. The van der Waals surface area contributed by atoms with Crippen LogP contribution in [0, 0.1) is 6.92 Å². The van der Waals surface area contributed by atoms with Crippen molar-refractivity contribution in [2.75, 3.05) is 0 Å². The van der Waals surface area contributed by atoms with Crippen LogP contribution in [0.4, 0.5) is 13.2 Å². The molecule has 2 aromatic rings. The van der Waals surface area contributed by atoms with E-state index in [2.05, 4.69) is 0 Å². The summed E-state index contributed by atoms with van der Waals surface area (Å²) in [7, 11) is 0. The maximum Gasteiger partial charge on any atom is 0.416 e. The Morgan fingerprint density at radius 3 is 2.29 bits per heavy atom. The zero-order valence-electron chi connectivity index (χ0n) is 13.7. The molecule has 128 valence electrons. The van der Waals surface area contributed by atoms with Gasteiger partial charge in [0, 0.05) is 0 Å². The number of hydrogen-bond acceptors (Lipinski definition) is 1. The van der Waals surface area contributed by atoms with Crippen LogP contribution in [0.2, 0.25) is 0 Å². The minimum atomic E-state index is -4.32. The molecule has 1 aliphatic carbocycles. The number of hydrogen-bond donors (Lipinski definition) is 0. The second-order valence-electron chi connectivity index (χ2n) is 6.50. The Labute approximate surface area is 140 Å². The fraction of sp³-hybridized carbons (Fsp3) is 0.400. The molecule has 1 nitrogen and oxygen atoms in total. The highest BCUT2D eigenvalue weighted by Gasteiger charge is 2.36. The van der Waals surface area contributed by atoms with Crippen LogP contribution in [-0.2, 0) is 12.8 Å². The summed E-state index contributed by atoms with van der Waals surface area (Å²) in [6.07, 6.45) is -0.594. The topological polar surface area (TPSA) is 9.23 Å². The first kappa shape index (κ1) is 16.9. The molecule has 4 heteroatoms. The van der Waals surface area contributed by atoms with Crippen molar-refractivity contribution in [3.05, 3.63) is 64.7 Å². The van der Waals surface area contributed by atoms with E-state index in [1.807, 2.05) is 31.2 Å². The van der Waals surface area contributed by atoms with Crippen molar-refractivity contribution >= 4 is 0 Å². The van der Waals surface area contributed by atoms with E-state index >= 15 is 0 Å². The molecule has 2 aromatic carbocycles. The van der Waals surface area contributed by atoms with Crippen LogP contribution in [0.15, 0.2) is 42.5 Å². The molecule has 0 spiro atoms. The van der Waals surface area contributed by atoms with Gasteiger partial charge in [0.25, 0.3) is 0 Å². The lowest BCUT2D eigenvalue weighted by atomic mass is 9.91. The van der Waals surface area contributed by atoms with Gasteiger partial charge in [0.15, 0.2) is 0 Å². The molecule has 1 aliphatic rings. The normalized spacial score (nSPS) is 15.7. The Morgan fingerprint density at radius 2 is 1.67 bits per heavy atom. The molecular weight excluding hydrogens is 313 g/mol. The van der Waals surface area contributed by atoms with Crippen molar-refractivity contribution in [3.63, 3.8) is 0 Å². The van der Waals surface area contributed by atoms with Crippen LogP contribution in [0.3, 0.4) is 0 Å². The van der Waals surface area contributed by atoms with Crippen LogP contribution >= 0.6 is 0 Å². The SMILES string of the molecule is Cc1ccc(OCc2ccc(C3CCCC3)c(C(F)(F)F)c2)cc1. The molecule has 0 saturated heterocycles. The third kappa shape index (κ3) is 3.92. The van der Waals surface area contributed by atoms with Crippen molar-refractivity contribution in [3.8, 4) is 5.75 Å². The fourth-order valence-corrected chi connectivity index (χ4v) is 3.33. The number of benzene rings is 2. The van der Waals surface area contributed by atoms with Crippen LogP contribution in [0.25, 0.3) is 0 Å². The molecule has 0 bridgehead atoms. The van der Waals surface area contributed by atoms with Gasteiger partial charge in [0.1, 0.15) is 12.4 Å². The molecule has 0 aromatic heterocycles. The first-order chi connectivity index (χ1) is 11.4. The van der Waals surface area contributed by atoms with Gasteiger partial charge in [-0.15, -0.1) is 0 Å². The number of halogens is 3. The fourth-order valence-electron chi connectivity index (χ4n) is 3.33. The van der Waals surface area contributed by atoms with E-state index in [1.165, 1.54) is 6.07 Å². The summed E-state index contributed by atoms with van der Waals surface area (Å²) in [6.45, 7) is 2.11. The van der Waals surface area contributed by atoms with Gasteiger partial charge in [-0.25, -0.2) is 0 Å². The maximum absolute atomic E-state index is 13.4. The van der Waals surface area contributed by atoms with Crippen molar-refractivity contribution < 1.29 is 17.9 Å². The van der Waals surface area contributed by atoms with E-state index in [0.717, 1.165) is 31.2 Å². The molecule has 3 rings (SSSR count). The van der Waals surface area contributed by atoms with Crippen LogP contribution < -0.4 is 4.74 Å². The average molecular weight is 334 g/mol. The van der Waals surface area contributed by atoms with Gasteiger partial charge < -0.3 is 4.74 Å². The van der Waals surface area contributed by atoms with E-state index in [9.17, 15) is 13.2 Å². The monoisotopic (exact) mass is 334 g/mol. The second-order valence-corrected chi connectivity index (χ2v) is 6.50. The predicted molar refractivity (Wildman–Crippen MR) is 88.2 cm³/mol. The molecule has 24 heavy (non-hydrogen) atoms. The third-order valence-corrected chi connectivity index (χ3v) is 4.64. The quantitative estimate of drug-likeness (QED) is 0.642. The zero-order chi connectivity index (χ0) is 17.2. The summed E-state index contributed by atoms with van der Waals surface area (Å²) in [5, 5.41) is 0. The molecule has 0 amide bonds. The van der Waals surface area contributed by atoms with Crippen LogP contribution in [0.1, 0.15) is 53.9 Å². The van der Waals surface area contributed by atoms with Crippen molar-refractivity contribution in [2.24, 2.45) is 0 Å². The van der Waals surface area contributed by atoms with Gasteiger partial charge in [0.2, 0.25) is 0 Å². The molecule has 1 fully saturated rings. The minimum Gasteiger partial charge on any atom is -0.489 e. The molecular formula is C20H21F3O. The van der Waals surface area contributed by atoms with Crippen molar-refractivity contribution in [2.45, 2.75) is 51.3 Å². The van der Waals surface area contributed by atoms with Gasteiger partial charge in [-0.1, -0.05) is 42.7 Å². The highest BCUT2D eigenvalue weighted by molar-refractivity contribution is 5.37. The van der Waals surface area contributed by atoms with Gasteiger partial charge in [0.05, 0.1) is 5.56 Å². The number of alkyl halides is 3. The summed E-state index contributed by atoms with van der Waals surface area (Å²) >= 11 is 0. The average Bonchev–Trinajstić information content (AvgIpc) is 3.07. The Kier molecular flexibility index (Phi) is 4.83. The summed E-state index contributed by atoms with van der Waals surface area (Å²) in [6, 6.07) is 12.1. The lowest BCUT2D eigenvalue weighted by molar-refractivity contribution is -0.138. The van der Waals surface area contributed by atoms with E-state index in [-0.39, 0.29) is 12.5 Å². The molecule has 0 radical (unpaired) electrons. The number of ether oxygens (including phenoxy) is 1. The van der Waals surface area contributed by atoms with Gasteiger partial charge in [-0.2, -0.15) is 13.2 Å². The molecule has 0 aliphatic heterocycles. The molecule has 0 N–H and O–H groups in total. The number of rotatable bonds is 4. The smallest absolute Gasteiger partial charge is 0.416 e. The van der Waals surface area contributed by atoms with Gasteiger partial charge in [-0.05, 0) is 55.0 Å². The largest absolute Gasteiger partial charge is 0.489 e. The molecule has 0 unspecified atom stereocenters. The Bertz CT molecular complexity index is 683. The lowest BCUT2D eigenvalue weighted by Gasteiger charge is -2.19. The van der Waals surface area contributed by atoms with Gasteiger partial charge >= 0.3 is 6.18 Å². The van der Waals surface area contributed by atoms with Crippen molar-refractivity contribution in [1.82, 2.24) is 0 Å². The zero-order valence-corrected chi connectivity index (χ0v) is 13.7. The van der Waals surface area contributed by atoms with Crippen molar-refractivity contribution in [1.29, 1.82) is 0 Å². The highest BCUT2D eigenvalue weighted by atomic mass is 19.4. The predicted octanol–water partition coefficient (Wildman–Crippen LogP) is 6.25. The summed E-state index contributed by atoms with van der Waals surface area (Å²) in [5.74, 6) is 0.697. The minimum absolute atomic E-state index is 0.0358. The van der Waals surface area contributed by atoms with E-state index in [0.29, 0.717) is 16.9 Å². The number of aryl methyl sites for hydroxylation is 1. The first-order valence-corrected chi connectivity index (χ1v) is 8.33. The molecule has 0 heterocycles. The standard InChI is InChI=1S/C20H21F3O/c1-14-6-9-17(10-7-14)24-13-15-8-11-18(16-4-2-3-5-16)19(12-15)20(21,22)23/h6-12,16H,2-5,13H2,1H3. The second kappa shape index (κ2) is 6.88. The van der Waals surface area contributed by atoms with E-state index in [1.54, 1.807) is 12.1 Å². The Hall–Kier alpha value is -1.97. The van der Waals surface area contributed by atoms with Gasteiger partial charge in [-0.3, -0.25) is 0 Å². The maximum atomic E-state index is 13.4. The molecule has 1 saturated carbocycles. The third-order valence-electron chi connectivity index (χ3n) is 4.64. The summed E-state index contributed by atoms with van der Waals surface area (Å²) in [4.78, 5) is 0. The summed E-state index contributed by atoms with van der Waals surface area (Å²) < 4.78 is 46.0. The van der Waals surface area contributed by atoms with Crippen LogP contribution in [0.5, 0.6) is 5.75 Å². The lowest BCUT2D eigenvalue weighted by Crippen LogP contribution is -2.12. The highest BCUT2D eigenvalue weighted by Crippen LogP contribution is 2.41. The Morgan fingerprint density at radius 1 is 1.00 bits per heavy atom. The van der Waals surface area contributed by atoms with Crippen LogP contribution in [-0.4, -0.2) is 0 Å². The van der Waals surface area contributed by atoms with E-state index < -0.39 is 11.7 Å². The first-order valence-electron chi connectivity index (χ1n) is 8.33. The van der Waals surface area contributed by atoms with E-state index in [4.69, 9.17) is 4.74 Å². The Balaban J connectivity index is 1.80.